The van der Waals surface area contributed by atoms with Gasteiger partial charge in [0.25, 0.3) is 5.69 Å². The number of non-ortho nitro benzene ring substituents is 1. The molecule has 1 fully saturated rings. The lowest BCUT2D eigenvalue weighted by molar-refractivity contribution is -0.384. The summed E-state index contributed by atoms with van der Waals surface area (Å²) in [5.74, 6) is -0.975. The summed E-state index contributed by atoms with van der Waals surface area (Å²) in [6, 6.07) is 11.5. The fraction of sp³-hybridized carbons (Fsp3) is 0.364. The standard InChI is InChI=1S/C22H26N4O6/c1-15-3-6-17(26(29)30)13-19(15)24-22(28)21(27)23-14-20(25-9-11-32-12-10-25)16-4-7-18(31-2)8-5-16/h3-8,13,20H,9-12,14H2,1-2H3,(H,23,27)(H,24,28). The van der Waals surface area contributed by atoms with E-state index in [-0.39, 0.29) is 24.0 Å². The van der Waals surface area contributed by atoms with Gasteiger partial charge in [-0.3, -0.25) is 24.6 Å². The van der Waals surface area contributed by atoms with Gasteiger partial charge in [0.2, 0.25) is 0 Å². The Hall–Kier alpha value is -3.50. The van der Waals surface area contributed by atoms with Gasteiger partial charge in [0.05, 0.1) is 37.0 Å². The number of nitro groups is 1. The molecule has 1 unspecified atom stereocenters. The van der Waals surface area contributed by atoms with E-state index in [0.29, 0.717) is 31.9 Å². The molecule has 1 heterocycles. The molecule has 1 atom stereocenters. The fourth-order valence-electron chi connectivity index (χ4n) is 3.48. The molecule has 0 saturated carbocycles. The van der Waals surface area contributed by atoms with Crippen LogP contribution in [0.1, 0.15) is 17.2 Å². The van der Waals surface area contributed by atoms with Gasteiger partial charge in [0.1, 0.15) is 5.75 Å². The number of carbonyl (C=O) groups excluding carboxylic acids is 2. The number of anilines is 1. The van der Waals surface area contributed by atoms with Crippen molar-refractivity contribution in [1.29, 1.82) is 0 Å². The van der Waals surface area contributed by atoms with E-state index in [4.69, 9.17) is 9.47 Å². The van der Waals surface area contributed by atoms with Crippen molar-refractivity contribution in [2.45, 2.75) is 13.0 Å². The van der Waals surface area contributed by atoms with Gasteiger partial charge in [-0.05, 0) is 30.2 Å². The molecule has 32 heavy (non-hydrogen) atoms. The molecule has 0 bridgehead atoms. The van der Waals surface area contributed by atoms with Crippen molar-refractivity contribution < 1.29 is 24.0 Å². The monoisotopic (exact) mass is 442 g/mol. The van der Waals surface area contributed by atoms with E-state index in [9.17, 15) is 19.7 Å². The number of aryl methyl sites for hydroxylation is 1. The Labute approximate surface area is 185 Å². The Morgan fingerprint density at radius 1 is 1.16 bits per heavy atom. The predicted octanol–water partition coefficient (Wildman–Crippen LogP) is 2.04. The summed E-state index contributed by atoms with van der Waals surface area (Å²) in [4.78, 5) is 37.5. The van der Waals surface area contributed by atoms with Gasteiger partial charge in [-0.25, -0.2) is 0 Å². The molecule has 170 valence electrons. The molecule has 2 amide bonds. The normalized spacial score (nSPS) is 14.9. The molecule has 2 N–H and O–H groups in total. The topological polar surface area (TPSA) is 123 Å². The molecule has 1 aliphatic rings. The molecule has 2 aromatic rings. The molecule has 0 aromatic heterocycles. The highest BCUT2D eigenvalue weighted by Crippen LogP contribution is 2.24. The van der Waals surface area contributed by atoms with Crippen molar-refractivity contribution in [3.05, 3.63) is 63.7 Å². The van der Waals surface area contributed by atoms with E-state index < -0.39 is 16.7 Å². The lowest BCUT2D eigenvalue weighted by Gasteiger charge is -2.35. The number of nitro benzene ring substituents is 1. The van der Waals surface area contributed by atoms with Crippen LogP contribution in [0.3, 0.4) is 0 Å². The summed E-state index contributed by atoms with van der Waals surface area (Å²) in [6.45, 7) is 4.49. The third kappa shape index (κ3) is 5.80. The Morgan fingerprint density at radius 2 is 1.84 bits per heavy atom. The molecule has 3 rings (SSSR count). The number of ether oxygens (including phenoxy) is 2. The molecular formula is C22H26N4O6. The molecule has 10 nitrogen and oxygen atoms in total. The van der Waals surface area contributed by atoms with Gasteiger partial charge in [-0.15, -0.1) is 0 Å². The summed E-state index contributed by atoms with van der Waals surface area (Å²) in [5.41, 5.74) is 1.64. The number of hydrogen-bond acceptors (Lipinski definition) is 7. The molecule has 0 aliphatic carbocycles. The number of morpholine rings is 1. The zero-order valence-electron chi connectivity index (χ0n) is 18.0. The molecule has 0 spiro atoms. The SMILES string of the molecule is COc1ccc(C(CNC(=O)C(=O)Nc2cc([N+](=O)[O-])ccc2C)N2CCOCC2)cc1. The van der Waals surface area contributed by atoms with Crippen LogP contribution in [0.2, 0.25) is 0 Å². The summed E-state index contributed by atoms with van der Waals surface area (Å²) in [5, 5.41) is 16.1. The van der Waals surface area contributed by atoms with Crippen molar-refractivity contribution in [3.63, 3.8) is 0 Å². The first-order chi connectivity index (χ1) is 15.4. The lowest BCUT2D eigenvalue weighted by Crippen LogP contribution is -2.45. The van der Waals surface area contributed by atoms with Gasteiger partial charge in [0.15, 0.2) is 0 Å². The minimum Gasteiger partial charge on any atom is -0.497 e. The third-order valence-corrected chi connectivity index (χ3v) is 5.33. The van der Waals surface area contributed by atoms with Crippen LogP contribution in [0.5, 0.6) is 5.75 Å². The smallest absolute Gasteiger partial charge is 0.313 e. The predicted molar refractivity (Wildman–Crippen MR) is 118 cm³/mol. The largest absolute Gasteiger partial charge is 0.497 e. The van der Waals surface area contributed by atoms with E-state index in [2.05, 4.69) is 15.5 Å². The number of amides is 2. The second-order valence-corrected chi connectivity index (χ2v) is 7.36. The van der Waals surface area contributed by atoms with Crippen LogP contribution in [0.4, 0.5) is 11.4 Å². The Balaban J connectivity index is 1.68. The first-order valence-corrected chi connectivity index (χ1v) is 10.2. The van der Waals surface area contributed by atoms with Gasteiger partial charge in [-0.2, -0.15) is 0 Å². The molecule has 1 aliphatic heterocycles. The lowest BCUT2D eigenvalue weighted by atomic mass is 10.0. The third-order valence-electron chi connectivity index (χ3n) is 5.33. The Bertz CT molecular complexity index is 973. The average Bonchev–Trinajstić information content (AvgIpc) is 2.81. The van der Waals surface area contributed by atoms with Crippen molar-refractivity contribution in [2.24, 2.45) is 0 Å². The van der Waals surface area contributed by atoms with Crippen LogP contribution in [0, 0.1) is 17.0 Å². The number of benzene rings is 2. The molecule has 0 radical (unpaired) electrons. The number of rotatable bonds is 7. The molecule has 10 heteroatoms. The summed E-state index contributed by atoms with van der Waals surface area (Å²) < 4.78 is 10.6. The highest BCUT2D eigenvalue weighted by Gasteiger charge is 2.25. The highest BCUT2D eigenvalue weighted by atomic mass is 16.6. The fourth-order valence-corrected chi connectivity index (χ4v) is 3.48. The average molecular weight is 442 g/mol. The van der Waals surface area contributed by atoms with Crippen LogP contribution in [0.15, 0.2) is 42.5 Å². The summed E-state index contributed by atoms with van der Waals surface area (Å²) in [6.07, 6.45) is 0. The number of carbonyl (C=O) groups is 2. The van der Waals surface area contributed by atoms with E-state index in [1.54, 1.807) is 14.0 Å². The minimum atomic E-state index is -0.885. The summed E-state index contributed by atoms with van der Waals surface area (Å²) >= 11 is 0. The Morgan fingerprint density at radius 3 is 2.47 bits per heavy atom. The second kappa shape index (κ2) is 10.7. The summed E-state index contributed by atoms with van der Waals surface area (Å²) in [7, 11) is 1.59. The minimum absolute atomic E-state index is 0.152. The van der Waals surface area contributed by atoms with Gasteiger partial charge < -0.3 is 20.1 Å². The zero-order chi connectivity index (χ0) is 23.1. The maximum Gasteiger partial charge on any atom is 0.313 e. The van der Waals surface area contributed by atoms with Crippen LogP contribution in [-0.4, -0.2) is 61.6 Å². The van der Waals surface area contributed by atoms with Crippen molar-refractivity contribution in [2.75, 3.05) is 45.3 Å². The van der Waals surface area contributed by atoms with Gasteiger partial charge >= 0.3 is 11.8 Å². The van der Waals surface area contributed by atoms with E-state index in [1.165, 1.54) is 18.2 Å². The maximum atomic E-state index is 12.5. The quantitative estimate of drug-likeness (QED) is 0.382. The van der Waals surface area contributed by atoms with E-state index in [0.717, 1.165) is 11.3 Å². The maximum absolute atomic E-state index is 12.5. The van der Waals surface area contributed by atoms with Crippen LogP contribution in [0.25, 0.3) is 0 Å². The van der Waals surface area contributed by atoms with Crippen molar-refractivity contribution in [1.82, 2.24) is 10.2 Å². The molecule has 1 saturated heterocycles. The number of nitrogens with zero attached hydrogens (tertiary/aromatic N) is 2. The van der Waals surface area contributed by atoms with Gasteiger partial charge in [0, 0.05) is 31.8 Å². The number of nitrogens with one attached hydrogen (secondary N) is 2. The van der Waals surface area contributed by atoms with E-state index in [1.807, 2.05) is 24.3 Å². The van der Waals surface area contributed by atoms with E-state index >= 15 is 0 Å². The van der Waals surface area contributed by atoms with Crippen LogP contribution in [-0.2, 0) is 14.3 Å². The molecule has 2 aromatic carbocycles. The van der Waals surface area contributed by atoms with Crippen molar-refractivity contribution in [3.8, 4) is 5.75 Å². The Kier molecular flexibility index (Phi) is 7.74. The van der Waals surface area contributed by atoms with Gasteiger partial charge in [-0.1, -0.05) is 18.2 Å². The second-order valence-electron chi connectivity index (χ2n) is 7.36. The first kappa shape index (κ1) is 23.2. The number of hydrogen-bond donors (Lipinski definition) is 2. The highest BCUT2D eigenvalue weighted by molar-refractivity contribution is 6.39. The van der Waals surface area contributed by atoms with Crippen molar-refractivity contribution >= 4 is 23.2 Å². The molecular weight excluding hydrogens is 416 g/mol. The van der Waals surface area contributed by atoms with Crippen LogP contribution >= 0.6 is 0 Å². The van der Waals surface area contributed by atoms with Crippen LogP contribution < -0.4 is 15.4 Å². The first-order valence-electron chi connectivity index (χ1n) is 10.2. The zero-order valence-corrected chi connectivity index (χ0v) is 18.0. The number of methoxy groups -OCH3 is 1.